The molecular formula is C12H12BrN3O. The maximum Gasteiger partial charge on any atom is 0.256 e. The van der Waals surface area contributed by atoms with Crippen molar-refractivity contribution < 1.29 is 4.79 Å². The van der Waals surface area contributed by atoms with E-state index >= 15 is 0 Å². The summed E-state index contributed by atoms with van der Waals surface area (Å²) in [5.41, 5.74) is 2.27. The highest BCUT2D eigenvalue weighted by Gasteiger charge is 2.11. The largest absolute Gasteiger partial charge is 0.319 e. The zero-order valence-corrected chi connectivity index (χ0v) is 11.2. The van der Waals surface area contributed by atoms with Crippen LogP contribution in [0.4, 0.5) is 5.69 Å². The number of rotatable bonds is 2. The molecule has 2 rings (SSSR count). The van der Waals surface area contributed by atoms with Gasteiger partial charge in [-0.1, -0.05) is 22.0 Å². The smallest absolute Gasteiger partial charge is 0.256 e. The van der Waals surface area contributed by atoms with Crippen LogP contribution in [0.5, 0.6) is 0 Å². The van der Waals surface area contributed by atoms with E-state index in [0.29, 0.717) is 11.3 Å². The number of carbonyl (C=O) groups is 1. The van der Waals surface area contributed by atoms with E-state index in [1.165, 1.54) is 0 Å². The van der Waals surface area contributed by atoms with Crippen molar-refractivity contribution in [2.75, 3.05) is 5.32 Å². The third-order valence-corrected chi connectivity index (χ3v) is 3.33. The summed E-state index contributed by atoms with van der Waals surface area (Å²) >= 11 is 3.41. The Bertz CT molecular complexity index is 563. The van der Waals surface area contributed by atoms with E-state index in [1.54, 1.807) is 30.2 Å². The van der Waals surface area contributed by atoms with Gasteiger partial charge >= 0.3 is 0 Å². The molecular weight excluding hydrogens is 282 g/mol. The fraction of sp³-hybridized carbons (Fsp3) is 0.167. The van der Waals surface area contributed by atoms with E-state index in [4.69, 9.17) is 0 Å². The summed E-state index contributed by atoms with van der Waals surface area (Å²) in [6.07, 6.45) is 3.37. The number of carbonyl (C=O) groups excluding carboxylic acids is 1. The average molecular weight is 294 g/mol. The van der Waals surface area contributed by atoms with Crippen LogP contribution in [-0.4, -0.2) is 15.7 Å². The molecule has 0 aliphatic carbocycles. The maximum absolute atomic E-state index is 12.0. The van der Waals surface area contributed by atoms with Gasteiger partial charge < -0.3 is 5.32 Å². The number of benzene rings is 1. The number of amides is 1. The molecule has 1 amide bonds. The molecule has 0 fully saturated rings. The average Bonchev–Trinajstić information content (AvgIpc) is 2.68. The van der Waals surface area contributed by atoms with Crippen LogP contribution in [0.15, 0.2) is 35.1 Å². The number of nitrogens with zero attached hydrogens (tertiary/aromatic N) is 2. The third-order valence-electron chi connectivity index (χ3n) is 2.48. The van der Waals surface area contributed by atoms with Crippen molar-refractivity contribution in [3.63, 3.8) is 0 Å². The van der Waals surface area contributed by atoms with Crippen LogP contribution in [0.3, 0.4) is 0 Å². The maximum atomic E-state index is 12.0. The summed E-state index contributed by atoms with van der Waals surface area (Å²) in [4.78, 5) is 12.0. The molecule has 0 spiro atoms. The number of hydrogen-bond acceptors (Lipinski definition) is 2. The van der Waals surface area contributed by atoms with Gasteiger partial charge in [0, 0.05) is 23.3 Å². The molecule has 2 aromatic rings. The minimum absolute atomic E-state index is 0.128. The summed E-state index contributed by atoms with van der Waals surface area (Å²) in [7, 11) is 1.81. The van der Waals surface area contributed by atoms with Crippen molar-refractivity contribution in [3.8, 4) is 0 Å². The Hall–Kier alpha value is -1.62. The Kier molecular flexibility index (Phi) is 3.28. The van der Waals surface area contributed by atoms with Gasteiger partial charge in [-0.05, 0) is 24.6 Å². The van der Waals surface area contributed by atoms with Gasteiger partial charge in [0.05, 0.1) is 11.9 Å². The number of aryl methyl sites for hydroxylation is 1. The SMILES string of the molecule is Cc1c(Br)cccc1C(=O)Nc1cnn(C)c1. The van der Waals surface area contributed by atoms with Crippen molar-refractivity contribution in [2.24, 2.45) is 7.05 Å². The molecule has 0 aliphatic heterocycles. The molecule has 4 nitrogen and oxygen atoms in total. The van der Waals surface area contributed by atoms with Gasteiger partial charge in [-0.25, -0.2) is 0 Å². The molecule has 88 valence electrons. The lowest BCUT2D eigenvalue weighted by Crippen LogP contribution is -2.13. The van der Waals surface area contributed by atoms with Crippen LogP contribution >= 0.6 is 15.9 Å². The van der Waals surface area contributed by atoms with Crippen LogP contribution in [0.25, 0.3) is 0 Å². The monoisotopic (exact) mass is 293 g/mol. The Morgan fingerprint density at radius 2 is 2.24 bits per heavy atom. The first-order valence-corrected chi connectivity index (χ1v) is 5.92. The number of hydrogen-bond donors (Lipinski definition) is 1. The highest BCUT2D eigenvalue weighted by Crippen LogP contribution is 2.20. The highest BCUT2D eigenvalue weighted by atomic mass is 79.9. The molecule has 0 unspecified atom stereocenters. The van der Waals surface area contributed by atoms with Crippen LogP contribution < -0.4 is 5.32 Å². The van der Waals surface area contributed by atoms with Crippen LogP contribution in [-0.2, 0) is 7.05 Å². The first-order chi connectivity index (χ1) is 8.08. The number of nitrogens with one attached hydrogen (secondary N) is 1. The molecule has 0 bridgehead atoms. The number of aromatic nitrogens is 2. The number of anilines is 1. The third kappa shape index (κ3) is 2.55. The van der Waals surface area contributed by atoms with Crippen molar-refractivity contribution >= 4 is 27.5 Å². The van der Waals surface area contributed by atoms with E-state index < -0.39 is 0 Å². The van der Waals surface area contributed by atoms with E-state index in [2.05, 4.69) is 26.3 Å². The molecule has 0 saturated carbocycles. The highest BCUT2D eigenvalue weighted by molar-refractivity contribution is 9.10. The van der Waals surface area contributed by atoms with E-state index in [-0.39, 0.29) is 5.91 Å². The Balaban J connectivity index is 2.23. The molecule has 1 heterocycles. The normalized spacial score (nSPS) is 10.3. The Labute approximate surface area is 108 Å². The summed E-state index contributed by atoms with van der Waals surface area (Å²) in [5.74, 6) is -0.128. The van der Waals surface area contributed by atoms with Crippen molar-refractivity contribution in [1.29, 1.82) is 0 Å². The van der Waals surface area contributed by atoms with Crippen LogP contribution in [0, 0.1) is 6.92 Å². The zero-order valence-electron chi connectivity index (χ0n) is 9.57. The predicted octanol–water partition coefficient (Wildman–Crippen LogP) is 2.74. The second kappa shape index (κ2) is 4.71. The quantitative estimate of drug-likeness (QED) is 0.925. The van der Waals surface area contributed by atoms with Crippen molar-refractivity contribution in [3.05, 3.63) is 46.2 Å². The molecule has 1 aromatic carbocycles. The van der Waals surface area contributed by atoms with Gasteiger partial charge in [-0.2, -0.15) is 5.10 Å². The summed E-state index contributed by atoms with van der Waals surface area (Å²) in [6, 6.07) is 5.55. The van der Waals surface area contributed by atoms with E-state index in [1.807, 2.05) is 19.1 Å². The van der Waals surface area contributed by atoms with Crippen LogP contribution in [0.2, 0.25) is 0 Å². The summed E-state index contributed by atoms with van der Waals surface area (Å²) in [6.45, 7) is 1.90. The Morgan fingerprint density at radius 1 is 1.47 bits per heavy atom. The van der Waals surface area contributed by atoms with Gasteiger partial charge in [0.2, 0.25) is 0 Å². The molecule has 0 saturated heterocycles. The minimum Gasteiger partial charge on any atom is -0.319 e. The second-order valence-corrected chi connectivity index (χ2v) is 4.62. The first-order valence-electron chi connectivity index (χ1n) is 5.13. The van der Waals surface area contributed by atoms with E-state index in [0.717, 1.165) is 10.0 Å². The lowest BCUT2D eigenvalue weighted by molar-refractivity contribution is 0.102. The zero-order chi connectivity index (χ0) is 12.4. The standard InChI is InChI=1S/C12H12BrN3O/c1-8-10(4-3-5-11(8)13)12(17)15-9-6-14-16(2)7-9/h3-7H,1-2H3,(H,15,17). The molecule has 0 aliphatic rings. The summed E-state index contributed by atoms with van der Waals surface area (Å²) < 4.78 is 2.57. The van der Waals surface area contributed by atoms with Crippen molar-refractivity contribution in [2.45, 2.75) is 6.92 Å². The van der Waals surface area contributed by atoms with E-state index in [9.17, 15) is 4.79 Å². The first kappa shape index (κ1) is 11.9. The van der Waals surface area contributed by atoms with Gasteiger partial charge in [0.25, 0.3) is 5.91 Å². The predicted molar refractivity (Wildman–Crippen MR) is 70.0 cm³/mol. The van der Waals surface area contributed by atoms with Crippen LogP contribution in [0.1, 0.15) is 15.9 Å². The minimum atomic E-state index is -0.128. The van der Waals surface area contributed by atoms with Gasteiger partial charge in [-0.15, -0.1) is 0 Å². The molecule has 0 atom stereocenters. The second-order valence-electron chi connectivity index (χ2n) is 3.77. The molecule has 5 heteroatoms. The molecule has 17 heavy (non-hydrogen) atoms. The fourth-order valence-electron chi connectivity index (χ4n) is 1.54. The summed E-state index contributed by atoms with van der Waals surface area (Å²) in [5, 5.41) is 6.80. The Morgan fingerprint density at radius 3 is 2.88 bits per heavy atom. The molecule has 0 radical (unpaired) electrons. The molecule has 1 N–H and O–H groups in total. The van der Waals surface area contributed by atoms with Gasteiger partial charge in [0.15, 0.2) is 0 Å². The lowest BCUT2D eigenvalue weighted by Gasteiger charge is -2.07. The topological polar surface area (TPSA) is 46.9 Å². The fourth-order valence-corrected chi connectivity index (χ4v) is 1.90. The lowest BCUT2D eigenvalue weighted by atomic mass is 10.1. The number of halogens is 1. The molecule has 1 aromatic heterocycles. The van der Waals surface area contributed by atoms with Crippen molar-refractivity contribution in [1.82, 2.24) is 9.78 Å². The van der Waals surface area contributed by atoms with Gasteiger partial charge in [-0.3, -0.25) is 9.48 Å². The van der Waals surface area contributed by atoms with Gasteiger partial charge in [0.1, 0.15) is 0 Å².